The highest BCUT2D eigenvalue weighted by Gasteiger charge is 2.42. The van der Waals surface area contributed by atoms with Crippen LogP contribution in [0.15, 0.2) is 60.5 Å². The highest BCUT2D eigenvalue weighted by atomic mass is 32.1. The Balaban J connectivity index is 1.30. The Bertz CT molecular complexity index is 1620. The molecule has 4 heterocycles. The van der Waals surface area contributed by atoms with Gasteiger partial charge in [0.25, 0.3) is 0 Å². The van der Waals surface area contributed by atoms with Crippen molar-refractivity contribution in [3.05, 3.63) is 71.8 Å². The van der Waals surface area contributed by atoms with E-state index in [9.17, 15) is 14.7 Å². The van der Waals surface area contributed by atoms with E-state index < -0.39 is 18.2 Å². The van der Waals surface area contributed by atoms with Crippen molar-refractivity contribution in [2.45, 2.75) is 71.4 Å². The number of nitrogens with zero attached hydrogens (tertiary/aromatic N) is 5. The van der Waals surface area contributed by atoms with Crippen LogP contribution in [0.3, 0.4) is 0 Å². The zero-order chi connectivity index (χ0) is 32.2. The lowest BCUT2D eigenvalue weighted by Gasteiger charge is -2.30. The van der Waals surface area contributed by atoms with Crippen molar-refractivity contribution in [3.63, 3.8) is 0 Å². The molecular weight excluding hydrogens is 590 g/mol. The van der Waals surface area contributed by atoms with Crippen LogP contribution in [0.25, 0.3) is 21.6 Å². The summed E-state index contributed by atoms with van der Waals surface area (Å²) in [7, 11) is 0. The Morgan fingerprint density at radius 2 is 1.87 bits per heavy atom. The minimum Gasteiger partial charge on any atom is -0.473 e. The zero-order valence-corrected chi connectivity index (χ0v) is 27.1. The smallest absolute Gasteiger partial charge is 0.248 e. The molecule has 4 aromatic rings. The van der Waals surface area contributed by atoms with Crippen molar-refractivity contribution < 1.29 is 19.4 Å². The van der Waals surface area contributed by atoms with Crippen molar-refractivity contribution >= 4 is 23.2 Å². The Morgan fingerprint density at radius 3 is 2.53 bits per heavy atom. The first kappa shape index (κ1) is 32.3. The maximum absolute atomic E-state index is 14.1. The number of pyridine rings is 1. The second kappa shape index (κ2) is 13.9. The molecule has 12 heteroatoms. The summed E-state index contributed by atoms with van der Waals surface area (Å²) in [6.07, 6.45) is 4.36. The summed E-state index contributed by atoms with van der Waals surface area (Å²) in [5, 5.41) is 18.2. The van der Waals surface area contributed by atoms with E-state index in [2.05, 4.69) is 20.4 Å². The molecule has 2 amide bonds. The van der Waals surface area contributed by atoms with Gasteiger partial charge in [-0.3, -0.25) is 14.3 Å². The molecule has 1 aliphatic rings. The molecule has 11 nitrogen and oxygen atoms in total. The van der Waals surface area contributed by atoms with Gasteiger partial charge in [-0.1, -0.05) is 38.1 Å². The number of aliphatic hydroxyl groups is 1. The van der Waals surface area contributed by atoms with Gasteiger partial charge in [-0.05, 0) is 49.4 Å². The number of hydrogen-bond acceptors (Lipinski definition) is 9. The number of amides is 2. The molecule has 0 bridgehead atoms. The van der Waals surface area contributed by atoms with Gasteiger partial charge in [0.1, 0.15) is 18.2 Å². The second-order valence-electron chi connectivity index (χ2n) is 12.0. The van der Waals surface area contributed by atoms with Crippen molar-refractivity contribution in [2.75, 3.05) is 13.1 Å². The summed E-state index contributed by atoms with van der Waals surface area (Å²) in [4.78, 5) is 38.8. The number of likely N-dealkylation sites (tertiary alicyclic amines) is 1. The molecule has 2 unspecified atom stereocenters. The summed E-state index contributed by atoms with van der Waals surface area (Å²) < 4.78 is 7.40. The molecule has 45 heavy (non-hydrogen) atoms. The number of aryl methyl sites for hydroxylation is 1. The number of carbonyl (C=O) groups excluding carboxylic acids is 2. The first-order valence-electron chi connectivity index (χ1n) is 15.2. The molecule has 1 saturated heterocycles. The fourth-order valence-electron chi connectivity index (χ4n) is 5.62. The van der Waals surface area contributed by atoms with Gasteiger partial charge in [-0.15, -0.1) is 11.3 Å². The standard InChI is InChI=1S/C33H41N7O4S/c1-19(2)30(40-16-26(15-37-40)25-10-11-35-29(12-25)44-20(3)14-34)33(43)39-17-27(41)13-28(39)32(42)38-21(4)23-6-8-24(9-7-23)31-22(5)36-18-45-31/h6-12,15-16,18-21,27-28,30,41H,13-14,17,34H2,1-5H3,(H,38,42)/t20?,21-,27+,28-,30?/m0/s1. The normalized spacial score (nSPS) is 18.5. The van der Waals surface area contributed by atoms with E-state index in [4.69, 9.17) is 10.5 Å². The minimum absolute atomic E-state index is 0.0793. The minimum atomic E-state index is -0.797. The van der Waals surface area contributed by atoms with Gasteiger partial charge in [0.15, 0.2) is 0 Å². The van der Waals surface area contributed by atoms with E-state index >= 15 is 0 Å². The Kier molecular flexibility index (Phi) is 9.96. The number of hydrogen-bond donors (Lipinski definition) is 3. The van der Waals surface area contributed by atoms with Gasteiger partial charge < -0.3 is 25.8 Å². The van der Waals surface area contributed by atoms with Crippen LogP contribution >= 0.6 is 11.3 Å². The third kappa shape index (κ3) is 7.24. The highest BCUT2D eigenvalue weighted by Crippen LogP contribution is 2.31. The second-order valence-corrected chi connectivity index (χ2v) is 12.8. The molecule has 0 saturated carbocycles. The lowest BCUT2D eigenvalue weighted by molar-refractivity contribution is -0.142. The highest BCUT2D eigenvalue weighted by molar-refractivity contribution is 7.13. The summed E-state index contributed by atoms with van der Waals surface area (Å²) in [5.74, 6) is -0.235. The molecule has 0 aliphatic carbocycles. The van der Waals surface area contributed by atoms with Gasteiger partial charge in [-0.2, -0.15) is 5.10 Å². The van der Waals surface area contributed by atoms with Crippen molar-refractivity contribution in [1.82, 2.24) is 30.0 Å². The number of benzene rings is 1. The number of carbonyl (C=O) groups is 2. The van der Waals surface area contributed by atoms with Crippen molar-refractivity contribution in [3.8, 4) is 27.4 Å². The fraction of sp³-hybridized carbons (Fsp3) is 0.424. The largest absolute Gasteiger partial charge is 0.473 e. The molecular formula is C33H41N7O4S. The van der Waals surface area contributed by atoms with Crippen LogP contribution in [0, 0.1) is 12.8 Å². The zero-order valence-electron chi connectivity index (χ0n) is 26.3. The van der Waals surface area contributed by atoms with Crippen LogP contribution < -0.4 is 15.8 Å². The summed E-state index contributed by atoms with van der Waals surface area (Å²) in [6.45, 7) is 10.1. The predicted molar refractivity (Wildman–Crippen MR) is 173 cm³/mol. The van der Waals surface area contributed by atoms with Gasteiger partial charge >= 0.3 is 0 Å². The van der Waals surface area contributed by atoms with E-state index in [0.717, 1.165) is 32.8 Å². The van der Waals surface area contributed by atoms with E-state index in [-0.39, 0.29) is 42.8 Å². The number of ether oxygens (including phenoxy) is 1. The fourth-order valence-corrected chi connectivity index (χ4v) is 6.43. The molecule has 5 rings (SSSR count). The van der Waals surface area contributed by atoms with Crippen LogP contribution in [0.4, 0.5) is 0 Å². The van der Waals surface area contributed by atoms with E-state index in [1.165, 1.54) is 4.90 Å². The summed E-state index contributed by atoms with van der Waals surface area (Å²) in [5.41, 5.74) is 12.1. The monoisotopic (exact) mass is 631 g/mol. The van der Waals surface area contributed by atoms with Crippen LogP contribution in [0.5, 0.6) is 5.88 Å². The third-order valence-corrected chi connectivity index (χ3v) is 9.11. The number of aromatic nitrogens is 4. The molecule has 4 N–H and O–H groups in total. The Morgan fingerprint density at radius 1 is 1.11 bits per heavy atom. The van der Waals surface area contributed by atoms with E-state index in [1.807, 2.05) is 82.7 Å². The molecule has 0 spiro atoms. The van der Waals surface area contributed by atoms with Crippen LogP contribution in [-0.2, 0) is 9.59 Å². The maximum atomic E-state index is 14.1. The number of nitrogens with one attached hydrogen (secondary N) is 1. The summed E-state index contributed by atoms with van der Waals surface area (Å²) >= 11 is 1.59. The van der Waals surface area contributed by atoms with Crippen molar-refractivity contribution in [2.24, 2.45) is 11.7 Å². The molecule has 5 atom stereocenters. The van der Waals surface area contributed by atoms with Crippen molar-refractivity contribution in [1.29, 1.82) is 0 Å². The number of nitrogens with two attached hydrogens (primary N) is 1. The number of rotatable bonds is 11. The number of β-amino-alcohol motifs (C(OH)–C–C–N with tert-alkyl or cyclic N) is 1. The quantitative estimate of drug-likeness (QED) is 0.224. The van der Waals surface area contributed by atoms with Gasteiger partial charge in [0.2, 0.25) is 17.7 Å². The molecule has 1 aromatic carbocycles. The molecule has 0 radical (unpaired) electrons. The van der Waals surface area contributed by atoms with E-state index in [1.54, 1.807) is 28.4 Å². The lowest BCUT2D eigenvalue weighted by Crippen LogP contribution is -2.49. The predicted octanol–water partition coefficient (Wildman–Crippen LogP) is 4.14. The van der Waals surface area contributed by atoms with Gasteiger partial charge in [-0.25, -0.2) is 9.97 Å². The topological polar surface area (TPSA) is 148 Å². The van der Waals surface area contributed by atoms with Crippen LogP contribution in [0.2, 0.25) is 0 Å². The molecule has 238 valence electrons. The van der Waals surface area contributed by atoms with Crippen LogP contribution in [0.1, 0.15) is 57.5 Å². The van der Waals surface area contributed by atoms with Crippen LogP contribution in [-0.4, -0.2) is 72.9 Å². The first-order valence-corrected chi connectivity index (χ1v) is 16.1. The molecule has 1 fully saturated rings. The Labute approximate surface area is 267 Å². The first-order chi connectivity index (χ1) is 21.5. The number of aliphatic hydroxyl groups excluding tert-OH is 1. The molecule has 1 aliphatic heterocycles. The average molecular weight is 632 g/mol. The number of thiazole rings is 1. The maximum Gasteiger partial charge on any atom is 0.248 e. The average Bonchev–Trinajstić information content (AvgIpc) is 3.77. The van der Waals surface area contributed by atoms with Gasteiger partial charge in [0.05, 0.1) is 34.4 Å². The molecule has 3 aromatic heterocycles. The summed E-state index contributed by atoms with van der Waals surface area (Å²) in [6, 6.07) is 9.94. The third-order valence-electron chi connectivity index (χ3n) is 8.13. The Hall–Kier alpha value is -4.13. The van der Waals surface area contributed by atoms with E-state index in [0.29, 0.717) is 12.4 Å². The SMILES string of the molecule is Cc1ncsc1-c1ccc([C@H](C)NC(=O)[C@@H]2C[C@@H](O)CN2C(=O)C(C(C)C)n2cc(-c3ccnc(OC(C)CN)c3)cn2)cc1. The van der Waals surface area contributed by atoms with Gasteiger partial charge in [0, 0.05) is 43.5 Å². The lowest BCUT2D eigenvalue weighted by atomic mass is 10.0.